The summed E-state index contributed by atoms with van der Waals surface area (Å²) >= 11 is 3.32. The molecule has 7 nitrogen and oxygen atoms in total. The zero-order chi connectivity index (χ0) is 23.5. The number of carbonyl (C=O) groups excluding carboxylic acids is 2. The molecule has 0 saturated heterocycles. The van der Waals surface area contributed by atoms with E-state index in [0.717, 1.165) is 0 Å². The molecule has 0 spiro atoms. The van der Waals surface area contributed by atoms with Crippen LogP contribution < -0.4 is 14.9 Å². The van der Waals surface area contributed by atoms with Gasteiger partial charge in [0.25, 0.3) is 0 Å². The van der Waals surface area contributed by atoms with Crippen molar-refractivity contribution in [1.82, 2.24) is 0 Å². The summed E-state index contributed by atoms with van der Waals surface area (Å²) in [5.74, 6) is -0.158. The van der Waals surface area contributed by atoms with E-state index in [9.17, 15) is 14.4 Å². The highest BCUT2D eigenvalue weighted by atomic mass is 79.9. The van der Waals surface area contributed by atoms with Crippen molar-refractivity contribution in [2.45, 2.75) is 6.92 Å². The van der Waals surface area contributed by atoms with E-state index in [1.54, 1.807) is 43.3 Å². The lowest BCUT2D eigenvalue weighted by atomic mass is 10.2. The van der Waals surface area contributed by atoms with Gasteiger partial charge in [0.05, 0.1) is 23.6 Å². The van der Waals surface area contributed by atoms with Crippen molar-refractivity contribution in [2.75, 3.05) is 7.11 Å². The van der Waals surface area contributed by atoms with Gasteiger partial charge in [0.2, 0.25) is 11.2 Å². The molecule has 166 valence electrons. The number of methoxy groups -OCH3 is 1. The maximum atomic E-state index is 13.0. The van der Waals surface area contributed by atoms with Gasteiger partial charge in [-0.2, -0.15) is 0 Å². The Kier molecular flexibility index (Phi) is 6.28. The lowest BCUT2D eigenvalue weighted by Gasteiger charge is -2.10. The first-order valence-electron chi connectivity index (χ1n) is 9.78. The molecule has 0 saturated carbocycles. The Hall–Kier alpha value is -3.91. The second kappa shape index (κ2) is 9.30. The van der Waals surface area contributed by atoms with Gasteiger partial charge in [0.15, 0.2) is 0 Å². The Morgan fingerprint density at radius 1 is 0.909 bits per heavy atom. The van der Waals surface area contributed by atoms with Gasteiger partial charge in [-0.1, -0.05) is 12.1 Å². The van der Waals surface area contributed by atoms with E-state index in [0.29, 0.717) is 21.3 Å². The molecule has 8 heteroatoms. The number of esters is 2. The van der Waals surface area contributed by atoms with E-state index < -0.39 is 11.9 Å². The first kappa shape index (κ1) is 22.3. The predicted octanol–water partition coefficient (Wildman–Crippen LogP) is 5.66. The summed E-state index contributed by atoms with van der Waals surface area (Å²) in [6, 6.07) is 17.6. The molecule has 1 aromatic heterocycles. The summed E-state index contributed by atoms with van der Waals surface area (Å²) < 4.78 is 22.2. The lowest BCUT2D eigenvalue weighted by molar-refractivity contribution is 0.0600. The van der Waals surface area contributed by atoms with Crippen molar-refractivity contribution < 1.29 is 28.2 Å². The maximum absolute atomic E-state index is 13.0. The highest BCUT2D eigenvalue weighted by molar-refractivity contribution is 9.10. The zero-order valence-electron chi connectivity index (χ0n) is 17.6. The molecule has 0 amide bonds. The minimum atomic E-state index is -0.545. The minimum Gasteiger partial charge on any atom is -0.465 e. The molecule has 33 heavy (non-hydrogen) atoms. The number of hydrogen-bond donors (Lipinski definition) is 0. The molecule has 3 aromatic carbocycles. The second-order valence-electron chi connectivity index (χ2n) is 6.96. The number of ether oxygens (including phenoxy) is 3. The van der Waals surface area contributed by atoms with Crippen LogP contribution in [-0.4, -0.2) is 19.0 Å². The van der Waals surface area contributed by atoms with Crippen LogP contribution in [0.3, 0.4) is 0 Å². The maximum Gasteiger partial charge on any atom is 0.344 e. The molecule has 4 rings (SSSR count). The van der Waals surface area contributed by atoms with Crippen LogP contribution in [0.4, 0.5) is 0 Å². The van der Waals surface area contributed by atoms with Crippen LogP contribution in [0.15, 0.2) is 80.4 Å². The molecule has 0 aliphatic carbocycles. The largest absolute Gasteiger partial charge is 0.465 e. The lowest BCUT2D eigenvalue weighted by Crippen LogP contribution is -2.10. The van der Waals surface area contributed by atoms with E-state index >= 15 is 0 Å². The third-order valence-corrected chi connectivity index (χ3v) is 5.48. The van der Waals surface area contributed by atoms with E-state index in [2.05, 4.69) is 20.7 Å². The van der Waals surface area contributed by atoms with Gasteiger partial charge >= 0.3 is 11.9 Å². The number of halogens is 1. The van der Waals surface area contributed by atoms with Gasteiger partial charge in [-0.05, 0) is 71.4 Å². The van der Waals surface area contributed by atoms with Crippen molar-refractivity contribution in [3.63, 3.8) is 0 Å². The van der Waals surface area contributed by atoms with E-state index in [4.69, 9.17) is 13.9 Å². The Balaban J connectivity index is 1.61. The van der Waals surface area contributed by atoms with Gasteiger partial charge in [0.1, 0.15) is 22.8 Å². The molecule has 0 aliphatic rings. The molecule has 0 radical (unpaired) electrons. The van der Waals surface area contributed by atoms with E-state index in [-0.39, 0.29) is 33.7 Å². The molecule has 0 aliphatic heterocycles. The monoisotopic (exact) mass is 508 g/mol. The number of rotatable bonds is 5. The van der Waals surface area contributed by atoms with Crippen molar-refractivity contribution in [1.29, 1.82) is 0 Å². The fourth-order valence-electron chi connectivity index (χ4n) is 3.13. The molecule has 0 fully saturated rings. The number of aryl methyl sites for hydroxylation is 1. The number of benzene rings is 3. The fourth-order valence-corrected chi connectivity index (χ4v) is 3.58. The van der Waals surface area contributed by atoms with Gasteiger partial charge in [-0.3, -0.25) is 4.79 Å². The average molecular weight is 509 g/mol. The van der Waals surface area contributed by atoms with Gasteiger partial charge < -0.3 is 18.6 Å². The first-order chi connectivity index (χ1) is 15.9. The van der Waals surface area contributed by atoms with E-state index in [1.807, 2.05) is 0 Å². The summed E-state index contributed by atoms with van der Waals surface area (Å²) in [4.78, 5) is 37.0. The van der Waals surface area contributed by atoms with E-state index in [1.165, 1.54) is 37.4 Å². The Labute approximate surface area is 196 Å². The van der Waals surface area contributed by atoms with Crippen LogP contribution >= 0.6 is 15.9 Å². The van der Waals surface area contributed by atoms with Crippen LogP contribution in [0, 0.1) is 6.92 Å². The van der Waals surface area contributed by atoms with Gasteiger partial charge in [0, 0.05) is 10.5 Å². The van der Waals surface area contributed by atoms with Crippen LogP contribution in [0.2, 0.25) is 0 Å². The summed E-state index contributed by atoms with van der Waals surface area (Å²) in [5, 5.41) is 0.266. The Bertz CT molecular complexity index is 1420. The molecule has 0 unspecified atom stereocenters. The second-order valence-corrected chi connectivity index (χ2v) is 7.82. The van der Waals surface area contributed by atoms with Crippen LogP contribution in [0.5, 0.6) is 17.2 Å². The van der Waals surface area contributed by atoms with Crippen LogP contribution in [0.1, 0.15) is 26.5 Å². The SMILES string of the molecule is COC(=O)c1ccc(Oc2c(C)oc3cc(OC(=O)c4ccccc4Br)ccc3c2=O)cc1. The standard InChI is InChI=1S/C25H17BrO7/c1-14-23(32-16-9-7-15(8-10-16)24(28)30-2)22(27)19-12-11-17(13-21(19)31-14)33-25(29)18-5-3-4-6-20(18)26/h3-13H,1-2H3. The van der Waals surface area contributed by atoms with Gasteiger partial charge in [-0.25, -0.2) is 9.59 Å². The van der Waals surface area contributed by atoms with Crippen molar-refractivity contribution in [3.8, 4) is 17.2 Å². The highest BCUT2D eigenvalue weighted by Crippen LogP contribution is 2.28. The summed E-state index contributed by atoms with van der Waals surface area (Å²) in [7, 11) is 1.30. The van der Waals surface area contributed by atoms with Crippen molar-refractivity contribution in [3.05, 3.63) is 98.3 Å². The molecular weight excluding hydrogens is 492 g/mol. The van der Waals surface area contributed by atoms with Crippen molar-refractivity contribution >= 4 is 38.8 Å². The third kappa shape index (κ3) is 4.65. The molecule has 4 aromatic rings. The quantitative estimate of drug-likeness (QED) is 0.253. The number of hydrogen-bond acceptors (Lipinski definition) is 7. The number of carbonyl (C=O) groups is 2. The number of fused-ring (bicyclic) bond motifs is 1. The molecular formula is C25H17BrO7. The normalized spacial score (nSPS) is 10.6. The molecule has 0 bridgehead atoms. The fraction of sp³-hybridized carbons (Fsp3) is 0.0800. The van der Waals surface area contributed by atoms with Crippen LogP contribution in [0.25, 0.3) is 11.0 Å². The summed E-state index contributed by atoms with van der Waals surface area (Å²) in [5.41, 5.74) is 0.603. The zero-order valence-corrected chi connectivity index (χ0v) is 19.2. The average Bonchev–Trinajstić information content (AvgIpc) is 2.81. The third-order valence-electron chi connectivity index (χ3n) is 4.79. The molecule has 0 N–H and O–H groups in total. The summed E-state index contributed by atoms with van der Waals surface area (Å²) in [6.07, 6.45) is 0. The Morgan fingerprint density at radius 2 is 1.61 bits per heavy atom. The Morgan fingerprint density at radius 3 is 2.30 bits per heavy atom. The van der Waals surface area contributed by atoms with Crippen LogP contribution in [-0.2, 0) is 4.74 Å². The minimum absolute atomic E-state index is 0.0197. The summed E-state index contributed by atoms with van der Waals surface area (Å²) in [6.45, 7) is 1.60. The van der Waals surface area contributed by atoms with Crippen molar-refractivity contribution in [2.24, 2.45) is 0 Å². The highest BCUT2D eigenvalue weighted by Gasteiger charge is 2.17. The predicted molar refractivity (Wildman–Crippen MR) is 124 cm³/mol. The topological polar surface area (TPSA) is 92.0 Å². The smallest absolute Gasteiger partial charge is 0.344 e. The first-order valence-corrected chi connectivity index (χ1v) is 10.6. The molecule has 0 atom stereocenters. The molecule has 1 heterocycles. The van der Waals surface area contributed by atoms with Gasteiger partial charge in [-0.15, -0.1) is 0 Å².